The van der Waals surface area contributed by atoms with E-state index in [4.69, 9.17) is 9.47 Å². The molecule has 2 heterocycles. The standard InChI is InChI=1S/C15H14N2O4S/c18-14(8-17-15(19)13-2-1-5-22-13)16-7-10-3-4-11-12(6-10)21-9-20-11/h1-6H,7-9H2,(H,16,18)(H,17,19). The van der Waals surface area contributed by atoms with Crippen LogP contribution in [0.15, 0.2) is 35.7 Å². The van der Waals surface area contributed by atoms with Crippen molar-refractivity contribution in [3.8, 4) is 11.5 Å². The van der Waals surface area contributed by atoms with Gasteiger partial charge in [0.1, 0.15) is 0 Å². The van der Waals surface area contributed by atoms with Crippen molar-refractivity contribution in [2.24, 2.45) is 0 Å². The van der Waals surface area contributed by atoms with Crippen LogP contribution in [-0.2, 0) is 11.3 Å². The number of nitrogens with one attached hydrogen (secondary N) is 2. The highest BCUT2D eigenvalue weighted by Gasteiger charge is 2.13. The number of hydrogen-bond acceptors (Lipinski definition) is 5. The van der Waals surface area contributed by atoms with Crippen molar-refractivity contribution in [3.05, 3.63) is 46.2 Å². The van der Waals surface area contributed by atoms with E-state index in [9.17, 15) is 9.59 Å². The molecule has 0 aliphatic carbocycles. The van der Waals surface area contributed by atoms with Crippen molar-refractivity contribution in [1.29, 1.82) is 0 Å². The van der Waals surface area contributed by atoms with E-state index < -0.39 is 0 Å². The van der Waals surface area contributed by atoms with Crippen molar-refractivity contribution in [3.63, 3.8) is 0 Å². The molecule has 114 valence electrons. The molecule has 3 rings (SSSR count). The predicted octanol–water partition coefficient (Wildman–Crippen LogP) is 1.52. The summed E-state index contributed by atoms with van der Waals surface area (Å²) >= 11 is 1.33. The van der Waals surface area contributed by atoms with Crippen LogP contribution >= 0.6 is 11.3 Å². The molecule has 0 atom stereocenters. The Morgan fingerprint density at radius 3 is 2.82 bits per heavy atom. The number of amides is 2. The number of fused-ring (bicyclic) bond motifs is 1. The first kappa shape index (κ1) is 14.4. The van der Waals surface area contributed by atoms with E-state index in [2.05, 4.69) is 10.6 Å². The lowest BCUT2D eigenvalue weighted by Gasteiger charge is -2.07. The first-order valence-electron chi connectivity index (χ1n) is 6.69. The van der Waals surface area contributed by atoms with Gasteiger partial charge >= 0.3 is 0 Å². The van der Waals surface area contributed by atoms with E-state index in [0.717, 1.165) is 5.56 Å². The smallest absolute Gasteiger partial charge is 0.261 e. The monoisotopic (exact) mass is 318 g/mol. The van der Waals surface area contributed by atoms with E-state index >= 15 is 0 Å². The molecule has 0 saturated carbocycles. The molecular weight excluding hydrogens is 304 g/mol. The molecule has 22 heavy (non-hydrogen) atoms. The third-order valence-corrected chi connectivity index (χ3v) is 3.95. The second kappa shape index (κ2) is 6.48. The maximum absolute atomic E-state index is 11.7. The summed E-state index contributed by atoms with van der Waals surface area (Å²) in [6, 6.07) is 9.00. The van der Waals surface area contributed by atoms with Crippen LogP contribution in [0.1, 0.15) is 15.2 Å². The topological polar surface area (TPSA) is 76.7 Å². The van der Waals surface area contributed by atoms with Gasteiger partial charge in [0, 0.05) is 6.54 Å². The second-order valence-corrected chi connectivity index (χ2v) is 5.57. The SMILES string of the molecule is O=C(CNC(=O)c1cccs1)NCc1ccc2c(c1)OCO2. The maximum atomic E-state index is 11.7. The molecule has 0 fully saturated rings. The molecule has 1 aliphatic heterocycles. The van der Waals surface area contributed by atoms with Crippen molar-refractivity contribution < 1.29 is 19.1 Å². The lowest BCUT2D eigenvalue weighted by molar-refractivity contribution is -0.120. The first-order chi connectivity index (χ1) is 10.7. The molecular formula is C15H14N2O4S. The van der Waals surface area contributed by atoms with Gasteiger partial charge in [0.05, 0.1) is 11.4 Å². The van der Waals surface area contributed by atoms with Crippen LogP contribution in [0.3, 0.4) is 0 Å². The minimum Gasteiger partial charge on any atom is -0.454 e. The molecule has 2 amide bonds. The van der Waals surface area contributed by atoms with Crippen LogP contribution in [0, 0.1) is 0 Å². The van der Waals surface area contributed by atoms with Crippen molar-refractivity contribution >= 4 is 23.2 Å². The number of rotatable bonds is 5. The number of ether oxygens (including phenoxy) is 2. The van der Waals surface area contributed by atoms with Gasteiger partial charge in [-0.15, -0.1) is 11.3 Å². The second-order valence-electron chi connectivity index (χ2n) is 4.62. The minimum atomic E-state index is -0.248. The zero-order chi connectivity index (χ0) is 15.4. The Balaban J connectivity index is 1.45. The van der Waals surface area contributed by atoms with Crippen LogP contribution in [0.4, 0.5) is 0 Å². The zero-order valence-corrected chi connectivity index (χ0v) is 12.4. The highest BCUT2D eigenvalue weighted by Crippen LogP contribution is 2.32. The van der Waals surface area contributed by atoms with Gasteiger partial charge in [-0.2, -0.15) is 0 Å². The maximum Gasteiger partial charge on any atom is 0.261 e. The van der Waals surface area contributed by atoms with Gasteiger partial charge < -0.3 is 20.1 Å². The van der Waals surface area contributed by atoms with Gasteiger partial charge in [0.2, 0.25) is 12.7 Å². The van der Waals surface area contributed by atoms with Crippen molar-refractivity contribution in [2.75, 3.05) is 13.3 Å². The van der Waals surface area contributed by atoms with Crippen LogP contribution in [-0.4, -0.2) is 25.2 Å². The third-order valence-electron chi connectivity index (χ3n) is 3.08. The molecule has 1 aromatic heterocycles. The number of carbonyl (C=O) groups is 2. The molecule has 7 heteroatoms. The van der Waals surface area contributed by atoms with Crippen LogP contribution in [0.5, 0.6) is 11.5 Å². The van der Waals surface area contributed by atoms with E-state index in [1.54, 1.807) is 12.1 Å². The van der Waals surface area contributed by atoms with E-state index in [-0.39, 0.29) is 25.2 Å². The van der Waals surface area contributed by atoms with Gasteiger partial charge in [-0.1, -0.05) is 12.1 Å². The van der Waals surface area contributed by atoms with Crippen molar-refractivity contribution in [2.45, 2.75) is 6.54 Å². The highest BCUT2D eigenvalue weighted by atomic mass is 32.1. The Labute approximate surface area is 131 Å². The van der Waals surface area contributed by atoms with Gasteiger partial charge in [0.15, 0.2) is 11.5 Å². The average Bonchev–Trinajstić information content (AvgIpc) is 3.20. The van der Waals surface area contributed by atoms with Crippen LogP contribution < -0.4 is 20.1 Å². The fourth-order valence-electron chi connectivity index (χ4n) is 1.97. The van der Waals surface area contributed by atoms with Gasteiger partial charge in [0.25, 0.3) is 5.91 Å². The minimum absolute atomic E-state index is 0.0543. The summed E-state index contributed by atoms with van der Waals surface area (Å²) in [5.74, 6) is 0.895. The summed E-state index contributed by atoms with van der Waals surface area (Å²) in [6.45, 7) is 0.533. The molecule has 1 aliphatic rings. The molecule has 0 saturated heterocycles. The number of thiophene rings is 1. The number of benzene rings is 1. The Hall–Kier alpha value is -2.54. The summed E-state index contributed by atoms with van der Waals surface area (Å²) in [5, 5.41) is 7.14. The fraction of sp³-hybridized carbons (Fsp3) is 0.200. The van der Waals surface area contributed by atoms with E-state index in [1.165, 1.54) is 11.3 Å². The largest absolute Gasteiger partial charge is 0.454 e. The highest BCUT2D eigenvalue weighted by molar-refractivity contribution is 7.12. The number of hydrogen-bond donors (Lipinski definition) is 2. The molecule has 6 nitrogen and oxygen atoms in total. The van der Waals surface area contributed by atoms with Gasteiger partial charge in [-0.05, 0) is 29.1 Å². The summed E-state index contributed by atoms with van der Waals surface area (Å²) < 4.78 is 10.5. The Kier molecular flexibility index (Phi) is 4.24. The molecule has 0 bridgehead atoms. The lowest BCUT2D eigenvalue weighted by atomic mass is 10.2. The predicted molar refractivity (Wildman–Crippen MR) is 81.1 cm³/mol. The number of carbonyl (C=O) groups excluding carboxylic acids is 2. The molecule has 2 aromatic rings. The molecule has 2 N–H and O–H groups in total. The molecule has 0 unspecified atom stereocenters. The molecule has 1 aromatic carbocycles. The van der Waals surface area contributed by atoms with E-state index in [0.29, 0.717) is 22.9 Å². The third kappa shape index (κ3) is 3.37. The quantitative estimate of drug-likeness (QED) is 0.876. The summed E-state index contributed by atoms with van der Waals surface area (Å²) in [6.07, 6.45) is 0. The summed E-state index contributed by atoms with van der Waals surface area (Å²) in [7, 11) is 0. The first-order valence-corrected chi connectivity index (χ1v) is 7.57. The normalized spacial score (nSPS) is 12.0. The van der Waals surface area contributed by atoms with Crippen LogP contribution in [0.2, 0.25) is 0 Å². The van der Waals surface area contributed by atoms with Gasteiger partial charge in [-0.25, -0.2) is 0 Å². The average molecular weight is 318 g/mol. The zero-order valence-electron chi connectivity index (χ0n) is 11.6. The molecule has 0 radical (unpaired) electrons. The Bertz CT molecular complexity index is 685. The van der Waals surface area contributed by atoms with Gasteiger partial charge in [-0.3, -0.25) is 9.59 Å². The van der Waals surface area contributed by atoms with Crippen molar-refractivity contribution in [1.82, 2.24) is 10.6 Å². The Morgan fingerprint density at radius 1 is 1.14 bits per heavy atom. The summed E-state index contributed by atoms with van der Waals surface area (Å²) in [4.78, 5) is 24.0. The van der Waals surface area contributed by atoms with Crippen LogP contribution in [0.25, 0.3) is 0 Å². The summed E-state index contributed by atoms with van der Waals surface area (Å²) in [5.41, 5.74) is 0.905. The van der Waals surface area contributed by atoms with E-state index in [1.807, 2.05) is 23.6 Å². The molecule has 0 spiro atoms. The lowest BCUT2D eigenvalue weighted by Crippen LogP contribution is -2.36. The Morgan fingerprint density at radius 2 is 2.00 bits per heavy atom. The fourth-order valence-corrected chi connectivity index (χ4v) is 2.61.